The quantitative estimate of drug-likeness (QED) is 0.571. The Labute approximate surface area is 147 Å². The van der Waals surface area contributed by atoms with E-state index in [-0.39, 0.29) is 25.4 Å². The number of ether oxygens (including phenoxy) is 2. The van der Waals surface area contributed by atoms with E-state index in [1.807, 2.05) is 0 Å². The van der Waals surface area contributed by atoms with Gasteiger partial charge < -0.3 is 19.9 Å². The third-order valence-electron chi connectivity index (χ3n) is 3.76. The molecule has 1 aromatic carbocycles. The third kappa shape index (κ3) is 4.71. The number of esters is 2. The van der Waals surface area contributed by atoms with Gasteiger partial charge in [-0.15, -0.1) is 0 Å². The molecule has 7 nitrogen and oxygen atoms in total. The summed E-state index contributed by atoms with van der Waals surface area (Å²) >= 11 is 0. The number of hydrogen-bond acceptors (Lipinski definition) is 6. The summed E-state index contributed by atoms with van der Waals surface area (Å²) in [4.78, 5) is 37.0. The topological polar surface area (TPSA) is 102 Å². The molecule has 0 radical (unpaired) electrons. The fraction of sp³-hybridized carbons (Fsp3) is 0.500. The highest BCUT2D eigenvalue weighted by atomic mass is 16.6. The Morgan fingerprint density at radius 3 is 1.84 bits per heavy atom. The number of hydrogen-bond donors (Lipinski definition) is 2. The average molecular weight is 351 g/mol. The van der Waals surface area contributed by atoms with E-state index >= 15 is 0 Å². The molecule has 0 aliphatic carbocycles. The molecule has 7 heteroatoms. The summed E-state index contributed by atoms with van der Waals surface area (Å²) in [6, 6.07) is 3.05. The molecule has 0 aliphatic rings. The maximum atomic E-state index is 12.6. The summed E-state index contributed by atoms with van der Waals surface area (Å²) in [5.74, 6) is -2.24. The van der Waals surface area contributed by atoms with Gasteiger partial charge in [-0.2, -0.15) is 0 Å². The number of benzene rings is 1. The smallest absolute Gasteiger partial charge is 0.344 e. The van der Waals surface area contributed by atoms with E-state index in [9.17, 15) is 19.5 Å². The standard InChI is InChI=1S/C18H25NO6/c1-6-24-16(22)18(19-13(5)20,17(23)25-7-2)10-15-11(3)8-14(21)9-12(15)4/h8-9,21H,6-7,10H2,1-5H3,(H,19,20). The van der Waals surface area contributed by atoms with Crippen molar-refractivity contribution in [2.24, 2.45) is 0 Å². The molecule has 0 bridgehead atoms. The third-order valence-corrected chi connectivity index (χ3v) is 3.76. The van der Waals surface area contributed by atoms with Crippen LogP contribution in [0.15, 0.2) is 12.1 Å². The zero-order chi connectivity index (χ0) is 19.2. The normalized spacial score (nSPS) is 10.9. The predicted octanol–water partition coefficient (Wildman–Crippen LogP) is 1.55. The van der Waals surface area contributed by atoms with Crippen LogP contribution in [0.3, 0.4) is 0 Å². The summed E-state index contributed by atoms with van der Waals surface area (Å²) in [5, 5.41) is 12.1. The van der Waals surface area contributed by atoms with Gasteiger partial charge in [0.25, 0.3) is 0 Å². The second-order valence-corrected chi connectivity index (χ2v) is 5.76. The highest BCUT2D eigenvalue weighted by Crippen LogP contribution is 2.26. The molecule has 1 amide bonds. The number of carbonyl (C=O) groups is 3. The Morgan fingerprint density at radius 1 is 1.04 bits per heavy atom. The van der Waals surface area contributed by atoms with Gasteiger partial charge in [0, 0.05) is 13.3 Å². The Morgan fingerprint density at radius 2 is 1.48 bits per heavy atom. The van der Waals surface area contributed by atoms with Crippen molar-refractivity contribution in [2.75, 3.05) is 13.2 Å². The van der Waals surface area contributed by atoms with Crippen LogP contribution >= 0.6 is 0 Å². The number of aryl methyl sites for hydroxylation is 2. The number of nitrogens with one attached hydrogen (secondary N) is 1. The molecule has 0 aliphatic heterocycles. The van der Waals surface area contributed by atoms with Gasteiger partial charge in [-0.05, 0) is 56.5 Å². The Bertz CT molecular complexity index is 627. The van der Waals surface area contributed by atoms with Crippen molar-refractivity contribution in [1.29, 1.82) is 0 Å². The Kier molecular flexibility index (Phi) is 6.97. The zero-order valence-electron chi connectivity index (χ0n) is 15.3. The fourth-order valence-electron chi connectivity index (χ4n) is 2.70. The highest BCUT2D eigenvalue weighted by molar-refractivity contribution is 6.08. The molecular weight excluding hydrogens is 326 g/mol. The van der Waals surface area contributed by atoms with Gasteiger partial charge in [0.15, 0.2) is 0 Å². The number of carbonyl (C=O) groups excluding carboxylic acids is 3. The van der Waals surface area contributed by atoms with E-state index < -0.39 is 23.4 Å². The lowest BCUT2D eigenvalue weighted by Gasteiger charge is -2.30. The van der Waals surface area contributed by atoms with E-state index in [4.69, 9.17) is 9.47 Å². The van der Waals surface area contributed by atoms with Crippen LogP contribution < -0.4 is 5.32 Å². The van der Waals surface area contributed by atoms with Gasteiger partial charge in [-0.3, -0.25) is 4.79 Å². The second kappa shape index (κ2) is 8.50. The molecule has 25 heavy (non-hydrogen) atoms. The number of phenolic OH excluding ortho intramolecular Hbond substituents is 1. The van der Waals surface area contributed by atoms with Gasteiger partial charge in [0.05, 0.1) is 13.2 Å². The van der Waals surface area contributed by atoms with E-state index in [1.165, 1.54) is 19.1 Å². The molecule has 0 unspecified atom stereocenters. The summed E-state index contributed by atoms with van der Waals surface area (Å²) in [7, 11) is 0. The highest BCUT2D eigenvalue weighted by Gasteiger charge is 2.50. The maximum absolute atomic E-state index is 12.6. The van der Waals surface area contributed by atoms with Crippen LogP contribution in [-0.4, -0.2) is 41.7 Å². The first kappa shape index (κ1) is 20.5. The van der Waals surface area contributed by atoms with E-state index in [2.05, 4.69) is 5.32 Å². The first-order chi connectivity index (χ1) is 11.7. The largest absolute Gasteiger partial charge is 0.508 e. The lowest BCUT2D eigenvalue weighted by atomic mass is 9.86. The number of amides is 1. The minimum Gasteiger partial charge on any atom is -0.508 e. The fourth-order valence-corrected chi connectivity index (χ4v) is 2.70. The molecule has 0 spiro atoms. The van der Waals surface area contributed by atoms with Crippen LogP contribution in [0.2, 0.25) is 0 Å². The molecule has 1 aromatic rings. The summed E-state index contributed by atoms with van der Waals surface area (Å²) < 4.78 is 10.1. The summed E-state index contributed by atoms with van der Waals surface area (Å²) in [6.07, 6.45) is -0.137. The number of rotatable bonds is 7. The number of aromatic hydroxyl groups is 1. The summed E-state index contributed by atoms with van der Waals surface area (Å²) in [6.45, 7) is 8.02. The van der Waals surface area contributed by atoms with Crippen molar-refractivity contribution in [1.82, 2.24) is 5.32 Å². The molecule has 2 N–H and O–H groups in total. The molecular formula is C18H25NO6. The van der Waals surface area contributed by atoms with Gasteiger partial charge in [-0.1, -0.05) is 0 Å². The molecule has 0 atom stereocenters. The van der Waals surface area contributed by atoms with Crippen LogP contribution in [0.5, 0.6) is 5.75 Å². The van der Waals surface area contributed by atoms with E-state index in [0.717, 1.165) is 0 Å². The Hall–Kier alpha value is -2.57. The molecule has 0 saturated carbocycles. The van der Waals surface area contributed by atoms with Crippen LogP contribution in [-0.2, 0) is 30.3 Å². The Balaban J connectivity index is 3.50. The monoisotopic (exact) mass is 351 g/mol. The van der Waals surface area contributed by atoms with Crippen LogP contribution in [0.4, 0.5) is 0 Å². The zero-order valence-corrected chi connectivity index (χ0v) is 15.3. The molecule has 138 valence electrons. The first-order valence-corrected chi connectivity index (χ1v) is 8.10. The number of phenols is 1. The molecule has 0 heterocycles. The maximum Gasteiger partial charge on any atom is 0.344 e. The van der Waals surface area contributed by atoms with Crippen LogP contribution in [0.25, 0.3) is 0 Å². The van der Waals surface area contributed by atoms with Crippen molar-refractivity contribution in [3.63, 3.8) is 0 Å². The van der Waals surface area contributed by atoms with Gasteiger partial charge in [0.2, 0.25) is 11.4 Å². The molecule has 0 aromatic heterocycles. The predicted molar refractivity (Wildman–Crippen MR) is 91.1 cm³/mol. The van der Waals surface area contributed by atoms with Crippen molar-refractivity contribution < 1.29 is 29.0 Å². The molecule has 0 saturated heterocycles. The van der Waals surface area contributed by atoms with Crippen molar-refractivity contribution in [2.45, 2.75) is 46.6 Å². The van der Waals surface area contributed by atoms with Gasteiger partial charge in [-0.25, -0.2) is 9.59 Å². The van der Waals surface area contributed by atoms with Crippen molar-refractivity contribution in [3.05, 3.63) is 28.8 Å². The van der Waals surface area contributed by atoms with Gasteiger partial charge in [0.1, 0.15) is 5.75 Å². The lowest BCUT2D eigenvalue weighted by Crippen LogP contribution is -2.62. The van der Waals surface area contributed by atoms with Crippen LogP contribution in [0.1, 0.15) is 37.5 Å². The second-order valence-electron chi connectivity index (χ2n) is 5.76. The van der Waals surface area contributed by atoms with Crippen molar-refractivity contribution in [3.8, 4) is 5.75 Å². The van der Waals surface area contributed by atoms with Gasteiger partial charge >= 0.3 is 11.9 Å². The minimum atomic E-state index is -1.98. The van der Waals surface area contributed by atoms with E-state index in [0.29, 0.717) is 16.7 Å². The van der Waals surface area contributed by atoms with Crippen LogP contribution in [0, 0.1) is 13.8 Å². The first-order valence-electron chi connectivity index (χ1n) is 8.10. The minimum absolute atomic E-state index is 0.0487. The average Bonchev–Trinajstić information content (AvgIpc) is 2.49. The van der Waals surface area contributed by atoms with E-state index in [1.54, 1.807) is 27.7 Å². The molecule has 1 rings (SSSR count). The SMILES string of the molecule is CCOC(=O)C(Cc1c(C)cc(O)cc1C)(NC(C)=O)C(=O)OCC. The molecule has 0 fully saturated rings. The summed E-state index contributed by atoms with van der Waals surface area (Å²) in [5.41, 5.74) is 0.0268. The van der Waals surface area contributed by atoms with Crippen molar-refractivity contribution >= 4 is 17.8 Å². The lowest BCUT2D eigenvalue weighted by molar-refractivity contribution is -0.168.